The zero-order chi connectivity index (χ0) is 15.4. The van der Waals surface area contributed by atoms with Gasteiger partial charge in [0.15, 0.2) is 0 Å². The molecule has 0 aliphatic carbocycles. The van der Waals surface area contributed by atoms with E-state index >= 15 is 0 Å². The van der Waals surface area contributed by atoms with Gasteiger partial charge in [0.25, 0.3) is 0 Å². The van der Waals surface area contributed by atoms with Crippen LogP contribution in [0.1, 0.15) is 46.0 Å². The van der Waals surface area contributed by atoms with Gasteiger partial charge in [0.1, 0.15) is 0 Å². The lowest BCUT2D eigenvalue weighted by atomic mass is 9.91. The highest BCUT2D eigenvalue weighted by Crippen LogP contribution is 2.25. The van der Waals surface area contributed by atoms with Crippen LogP contribution in [0, 0.1) is 17.8 Å². The molecular weight excluding hydrogens is 268 g/mol. The number of carboxylic acids is 1. The van der Waals surface area contributed by atoms with E-state index in [2.05, 4.69) is 13.8 Å². The summed E-state index contributed by atoms with van der Waals surface area (Å²) in [4.78, 5) is 27.3. The lowest BCUT2D eigenvalue weighted by molar-refractivity contribution is -0.137. The summed E-state index contributed by atoms with van der Waals surface area (Å²) in [5.74, 6) is 0.756. The van der Waals surface area contributed by atoms with Gasteiger partial charge in [-0.1, -0.05) is 13.8 Å². The van der Waals surface area contributed by atoms with E-state index < -0.39 is 5.97 Å². The SMILES string of the molecule is CC1CC(C)CN(C(=O)N2CCCC(CCC(=O)O)C2)C1. The minimum atomic E-state index is -0.739. The number of hydrogen-bond acceptors (Lipinski definition) is 2. The molecule has 0 spiro atoms. The second kappa shape index (κ2) is 7.14. The molecule has 120 valence electrons. The summed E-state index contributed by atoms with van der Waals surface area (Å²) in [6.45, 7) is 7.69. The molecule has 21 heavy (non-hydrogen) atoms. The van der Waals surface area contributed by atoms with Crippen molar-refractivity contribution in [3.05, 3.63) is 0 Å². The van der Waals surface area contributed by atoms with E-state index in [9.17, 15) is 9.59 Å². The van der Waals surface area contributed by atoms with Crippen molar-refractivity contribution in [2.24, 2.45) is 17.8 Å². The molecule has 2 heterocycles. The van der Waals surface area contributed by atoms with Crippen LogP contribution < -0.4 is 0 Å². The van der Waals surface area contributed by atoms with E-state index in [1.807, 2.05) is 9.80 Å². The van der Waals surface area contributed by atoms with Crippen molar-refractivity contribution in [3.8, 4) is 0 Å². The van der Waals surface area contributed by atoms with Crippen LogP contribution in [0.5, 0.6) is 0 Å². The molecule has 2 saturated heterocycles. The van der Waals surface area contributed by atoms with E-state index in [-0.39, 0.29) is 12.5 Å². The summed E-state index contributed by atoms with van der Waals surface area (Å²) in [6.07, 6.45) is 4.14. The first kappa shape index (κ1) is 16.1. The van der Waals surface area contributed by atoms with E-state index in [1.165, 1.54) is 6.42 Å². The fourth-order valence-electron chi connectivity index (χ4n) is 3.82. The van der Waals surface area contributed by atoms with Crippen LogP contribution in [0.25, 0.3) is 0 Å². The summed E-state index contributed by atoms with van der Waals surface area (Å²) in [5.41, 5.74) is 0. The first-order valence-corrected chi connectivity index (χ1v) is 8.21. The predicted octanol–water partition coefficient (Wildman–Crippen LogP) is 2.66. The molecule has 0 saturated carbocycles. The van der Waals surface area contributed by atoms with Crippen molar-refractivity contribution < 1.29 is 14.7 Å². The molecule has 5 heteroatoms. The number of likely N-dealkylation sites (tertiary alicyclic amines) is 2. The van der Waals surface area contributed by atoms with Crippen LogP contribution in [0.2, 0.25) is 0 Å². The molecule has 5 nitrogen and oxygen atoms in total. The lowest BCUT2D eigenvalue weighted by Crippen LogP contribution is -2.51. The fraction of sp³-hybridized carbons (Fsp3) is 0.875. The zero-order valence-corrected chi connectivity index (χ0v) is 13.3. The van der Waals surface area contributed by atoms with Gasteiger partial charge in [0.05, 0.1) is 0 Å². The van der Waals surface area contributed by atoms with Crippen LogP contribution in [0.3, 0.4) is 0 Å². The highest BCUT2D eigenvalue weighted by molar-refractivity contribution is 5.74. The smallest absolute Gasteiger partial charge is 0.320 e. The Morgan fingerprint density at radius 3 is 2.38 bits per heavy atom. The Morgan fingerprint density at radius 2 is 1.76 bits per heavy atom. The topological polar surface area (TPSA) is 60.9 Å². The number of aliphatic carboxylic acids is 1. The van der Waals surface area contributed by atoms with E-state index in [0.29, 0.717) is 24.2 Å². The van der Waals surface area contributed by atoms with Crippen molar-refractivity contribution in [1.82, 2.24) is 9.80 Å². The molecule has 0 aromatic rings. The van der Waals surface area contributed by atoms with Crippen molar-refractivity contribution in [2.75, 3.05) is 26.2 Å². The number of carbonyl (C=O) groups is 2. The highest BCUT2D eigenvalue weighted by atomic mass is 16.4. The third-order valence-electron chi connectivity index (χ3n) is 4.70. The van der Waals surface area contributed by atoms with E-state index in [0.717, 1.165) is 39.0 Å². The van der Waals surface area contributed by atoms with Gasteiger partial charge in [0.2, 0.25) is 0 Å². The van der Waals surface area contributed by atoms with Crippen LogP contribution in [0.15, 0.2) is 0 Å². The predicted molar refractivity (Wildman–Crippen MR) is 81.1 cm³/mol. The number of hydrogen-bond donors (Lipinski definition) is 1. The van der Waals surface area contributed by atoms with Crippen LogP contribution in [-0.2, 0) is 4.79 Å². The summed E-state index contributed by atoms with van der Waals surface area (Å²) < 4.78 is 0. The summed E-state index contributed by atoms with van der Waals surface area (Å²) in [6, 6.07) is 0.161. The van der Waals surface area contributed by atoms with E-state index in [4.69, 9.17) is 5.11 Å². The largest absolute Gasteiger partial charge is 0.481 e. The van der Waals surface area contributed by atoms with Gasteiger partial charge in [-0.25, -0.2) is 4.79 Å². The second-order valence-corrected chi connectivity index (χ2v) is 7.02. The number of piperidine rings is 2. The van der Waals surface area contributed by atoms with Gasteiger partial charge in [-0.05, 0) is 43.4 Å². The minimum absolute atomic E-state index is 0.161. The maximum Gasteiger partial charge on any atom is 0.320 e. The Balaban J connectivity index is 1.87. The Morgan fingerprint density at radius 1 is 1.10 bits per heavy atom. The van der Waals surface area contributed by atoms with E-state index in [1.54, 1.807) is 0 Å². The summed E-state index contributed by atoms with van der Waals surface area (Å²) in [5, 5.41) is 8.79. The zero-order valence-electron chi connectivity index (χ0n) is 13.3. The molecule has 3 unspecified atom stereocenters. The Bertz CT molecular complexity index is 376. The average molecular weight is 296 g/mol. The van der Waals surface area contributed by atoms with Gasteiger partial charge in [-0.3, -0.25) is 4.79 Å². The normalized spacial score (nSPS) is 30.3. The fourth-order valence-corrected chi connectivity index (χ4v) is 3.82. The second-order valence-electron chi connectivity index (χ2n) is 7.02. The molecule has 1 N–H and O–H groups in total. The molecular formula is C16H28N2O3. The van der Waals surface area contributed by atoms with Gasteiger partial charge < -0.3 is 14.9 Å². The minimum Gasteiger partial charge on any atom is -0.481 e. The Kier molecular flexibility index (Phi) is 5.48. The first-order valence-electron chi connectivity index (χ1n) is 8.21. The van der Waals surface area contributed by atoms with Gasteiger partial charge in [-0.15, -0.1) is 0 Å². The highest BCUT2D eigenvalue weighted by Gasteiger charge is 2.31. The molecule has 2 aliphatic heterocycles. The Labute approximate surface area is 127 Å². The number of nitrogens with zero attached hydrogens (tertiary/aromatic N) is 2. The molecule has 2 rings (SSSR count). The standard InChI is InChI=1S/C16H28N2O3/c1-12-8-13(2)10-18(9-12)16(21)17-7-3-4-14(11-17)5-6-15(19)20/h12-14H,3-11H2,1-2H3,(H,19,20). The monoisotopic (exact) mass is 296 g/mol. The van der Waals surface area contributed by atoms with Crippen LogP contribution in [-0.4, -0.2) is 53.1 Å². The van der Waals surface area contributed by atoms with Crippen molar-refractivity contribution in [1.29, 1.82) is 0 Å². The number of amides is 2. The molecule has 0 aromatic heterocycles. The summed E-state index contributed by atoms with van der Waals surface area (Å²) in [7, 11) is 0. The van der Waals surface area contributed by atoms with Gasteiger partial charge >= 0.3 is 12.0 Å². The van der Waals surface area contributed by atoms with Crippen LogP contribution in [0.4, 0.5) is 4.79 Å². The third kappa shape index (κ3) is 4.61. The van der Waals surface area contributed by atoms with Crippen molar-refractivity contribution in [2.45, 2.75) is 46.0 Å². The van der Waals surface area contributed by atoms with Gasteiger partial charge in [0, 0.05) is 32.6 Å². The molecule has 0 aromatic carbocycles. The Hall–Kier alpha value is -1.26. The number of carbonyl (C=O) groups excluding carboxylic acids is 1. The molecule has 0 radical (unpaired) electrons. The van der Waals surface area contributed by atoms with Crippen LogP contribution >= 0.6 is 0 Å². The molecule has 2 fully saturated rings. The molecule has 2 aliphatic rings. The molecule has 2 amide bonds. The van der Waals surface area contributed by atoms with Gasteiger partial charge in [-0.2, -0.15) is 0 Å². The number of carboxylic acid groups (broad SMARTS) is 1. The average Bonchev–Trinajstić information content (AvgIpc) is 2.43. The van der Waals surface area contributed by atoms with Crippen molar-refractivity contribution in [3.63, 3.8) is 0 Å². The molecule has 0 bridgehead atoms. The maximum atomic E-state index is 12.7. The quantitative estimate of drug-likeness (QED) is 0.871. The molecule has 3 atom stereocenters. The lowest BCUT2D eigenvalue weighted by Gasteiger charge is -2.40. The summed E-state index contributed by atoms with van der Waals surface area (Å²) >= 11 is 0. The van der Waals surface area contributed by atoms with Crippen molar-refractivity contribution >= 4 is 12.0 Å². The first-order chi connectivity index (χ1) is 9.95. The number of rotatable bonds is 3. The number of urea groups is 1. The maximum absolute atomic E-state index is 12.7. The third-order valence-corrected chi connectivity index (χ3v) is 4.70.